The van der Waals surface area contributed by atoms with Gasteiger partial charge in [0.2, 0.25) is 0 Å². The summed E-state index contributed by atoms with van der Waals surface area (Å²) in [5.74, 6) is 4.20. The van der Waals surface area contributed by atoms with Crippen molar-refractivity contribution in [3.8, 4) is 12.3 Å². The predicted molar refractivity (Wildman–Crippen MR) is 181 cm³/mol. The number of nitrogens with zero attached hydrogens (tertiary/aromatic N) is 2. The van der Waals surface area contributed by atoms with E-state index in [4.69, 9.17) is 11.2 Å². The Kier molecular flexibility index (Phi) is 10.6. The highest BCUT2D eigenvalue weighted by molar-refractivity contribution is 5.81. The highest BCUT2D eigenvalue weighted by Gasteiger charge is 2.47. The van der Waals surface area contributed by atoms with Crippen molar-refractivity contribution in [2.24, 2.45) is 17.8 Å². The summed E-state index contributed by atoms with van der Waals surface area (Å²) in [5.41, 5.74) is 4.06. The quantitative estimate of drug-likeness (QED) is 0.220. The number of ketones is 1. The molecule has 244 valence electrons. The van der Waals surface area contributed by atoms with Gasteiger partial charge in [0.1, 0.15) is 11.4 Å². The van der Waals surface area contributed by atoms with Crippen LogP contribution in [0.2, 0.25) is 0 Å². The summed E-state index contributed by atoms with van der Waals surface area (Å²) in [7, 11) is 0. The third-order valence-electron chi connectivity index (χ3n) is 11.1. The van der Waals surface area contributed by atoms with Crippen LogP contribution >= 0.6 is 0 Å². The fourth-order valence-corrected chi connectivity index (χ4v) is 8.27. The molecule has 1 spiro atoms. The number of piperidine rings is 1. The SMILES string of the molecule is C#Cc1ccc(CN2CCC3(CC2)CN(CC2CCC(CC(=O)CC4=CCCC(C(O)c5ccccc5)CC4)CC2)C(=O)O3)cc1. The van der Waals surface area contributed by atoms with Crippen LogP contribution in [-0.4, -0.2) is 58.6 Å². The Morgan fingerprint density at radius 2 is 1.70 bits per heavy atom. The maximum absolute atomic E-state index is 13.1. The maximum atomic E-state index is 13.1. The van der Waals surface area contributed by atoms with E-state index in [0.717, 1.165) is 102 Å². The van der Waals surface area contributed by atoms with Crippen LogP contribution in [0.4, 0.5) is 4.79 Å². The number of benzene rings is 2. The molecule has 0 bridgehead atoms. The van der Waals surface area contributed by atoms with E-state index < -0.39 is 6.10 Å². The first-order valence-corrected chi connectivity index (χ1v) is 17.6. The Labute approximate surface area is 275 Å². The molecule has 1 saturated carbocycles. The lowest BCUT2D eigenvalue weighted by atomic mass is 9.79. The number of aliphatic hydroxyl groups is 1. The Balaban J connectivity index is 0.887. The normalized spacial score (nSPS) is 25.7. The number of amides is 1. The minimum absolute atomic E-state index is 0.147. The van der Waals surface area contributed by atoms with E-state index in [1.165, 1.54) is 11.1 Å². The lowest BCUT2D eigenvalue weighted by Gasteiger charge is -2.37. The van der Waals surface area contributed by atoms with Gasteiger partial charge in [-0.25, -0.2) is 4.79 Å². The van der Waals surface area contributed by atoms with Gasteiger partial charge in [-0.05, 0) is 92.4 Å². The summed E-state index contributed by atoms with van der Waals surface area (Å²) in [6.45, 7) is 4.21. The molecule has 2 atom stereocenters. The number of terminal acetylenes is 1. The van der Waals surface area contributed by atoms with E-state index in [-0.39, 0.29) is 17.6 Å². The van der Waals surface area contributed by atoms with Gasteiger partial charge in [0.25, 0.3) is 0 Å². The summed E-state index contributed by atoms with van der Waals surface area (Å²) in [5, 5.41) is 10.9. The van der Waals surface area contributed by atoms with Gasteiger partial charge in [0.15, 0.2) is 0 Å². The molecule has 0 radical (unpaired) electrons. The Morgan fingerprint density at radius 1 is 0.978 bits per heavy atom. The average molecular weight is 623 g/mol. The minimum Gasteiger partial charge on any atom is -0.441 e. The molecule has 6 rings (SSSR count). The summed E-state index contributed by atoms with van der Waals surface area (Å²) < 4.78 is 6.04. The molecule has 1 amide bonds. The molecule has 4 aliphatic rings. The summed E-state index contributed by atoms with van der Waals surface area (Å²) in [6.07, 6.45) is 18.1. The van der Waals surface area contributed by atoms with Crippen molar-refractivity contribution in [1.82, 2.24) is 9.80 Å². The van der Waals surface area contributed by atoms with Crippen LogP contribution in [0.25, 0.3) is 0 Å². The molecule has 2 aliphatic heterocycles. The van der Waals surface area contributed by atoms with Crippen LogP contribution in [0.1, 0.15) is 99.8 Å². The maximum Gasteiger partial charge on any atom is 0.410 e. The van der Waals surface area contributed by atoms with Crippen molar-refractivity contribution in [3.63, 3.8) is 0 Å². The molecule has 1 N–H and O–H groups in total. The topological polar surface area (TPSA) is 70.1 Å². The second-order valence-electron chi connectivity index (χ2n) is 14.4. The largest absolute Gasteiger partial charge is 0.441 e. The van der Waals surface area contributed by atoms with Gasteiger partial charge in [-0.3, -0.25) is 9.69 Å². The van der Waals surface area contributed by atoms with E-state index in [1.54, 1.807) is 0 Å². The minimum atomic E-state index is -0.435. The van der Waals surface area contributed by atoms with Crippen molar-refractivity contribution in [2.75, 3.05) is 26.2 Å². The standard InChI is InChI=1S/C40H50N2O4/c1-2-30-11-15-33(16-12-30)27-41-23-21-40(22-24-41)29-42(39(45)46-40)28-34-17-13-32(14-18-34)26-37(43)25-31-7-6-10-36(20-19-31)38(44)35-8-4-3-5-9-35/h1,3-5,7-9,11-12,15-16,32,34,36,38,44H,6,10,13-14,17-29H2. The number of aliphatic hydroxyl groups excluding tert-OH is 1. The highest BCUT2D eigenvalue weighted by Crippen LogP contribution is 2.38. The molecular formula is C40H50N2O4. The molecule has 2 heterocycles. The number of carbonyl (C=O) groups is 2. The lowest BCUT2D eigenvalue weighted by Crippen LogP contribution is -2.46. The van der Waals surface area contributed by atoms with Crippen LogP contribution in [-0.2, 0) is 16.1 Å². The van der Waals surface area contributed by atoms with Crippen LogP contribution < -0.4 is 0 Å². The molecule has 46 heavy (non-hydrogen) atoms. The van der Waals surface area contributed by atoms with E-state index in [9.17, 15) is 14.7 Å². The van der Waals surface area contributed by atoms with Gasteiger partial charge in [0.05, 0.1) is 12.6 Å². The van der Waals surface area contributed by atoms with Crippen molar-refractivity contribution in [2.45, 2.75) is 95.3 Å². The van der Waals surface area contributed by atoms with E-state index in [2.05, 4.69) is 29.0 Å². The number of Topliss-reactive ketones (excluding diaryl/α,β-unsaturated/α-hetero) is 1. The zero-order valence-corrected chi connectivity index (χ0v) is 27.2. The Bertz CT molecular complexity index is 1390. The number of carbonyl (C=O) groups excluding carboxylic acids is 2. The second-order valence-corrected chi connectivity index (χ2v) is 14.4. The highest BCUT2D eigenvalue weighted by atomic mass is 16.6. The molecular weight excluding hydrogens is 572 g/mol. The molecule has 2 aliphatic carbocycles. The van der Waals surface area contributed by atoms with Crippen molar-refractivity contribution >= 4 is 11.9 Å². The number of allylic oxidation sites excluding steroid dienone is 2. The third kappa shape index (κ3) is 8.30. The number of hydrogen-bond acceptors (Lipinski definition) is 5. The molecule has 3 fully saturated rings. The molecule has 2 saturated heterocycles. The zero-order valence-electron chi connectivity index (χ0n) is 27.2. The van der Waals surface area contributed by atoms with E-state index in [0.29, 0.717) is 37.0 Å². The Hall–Kier alpha value is -3.40. The molecule has 6 nitrogen and oxygen atoms in total. The third-order valence-corrected chi connectivity index (χ3v) is 11.1. The van der Waals surface area contributed by atoms with E-state index in [1.807, 2.05) is 47.4 Å². The van der Waals surface area contributed by atoms with Crippen molar-refractivity contribution in [1.29, 1.82) is 0 Å². The number of likely N-dealkylation sites (tertiary alicyclic amines) is 1. The van der Waals surface area contributed by atoms with Gasteiger partial charge >= 0.3 is 6.09 Å². The van der Waals surface area contributed by atoms with Gasteiger partial charge in [-0.1, -0.05) is 60.0 Å². The summed E-state index contributed by atoms with van der Waals surface area (Å²) in [4.78, 5) is 30.4. The molecule has 2 aromatic rings. The first-order chi connectivity index (χ1) is 22.4. The van der Waals surface area contributed by atoms with Gasteiger partial charge in [-0.2, -0.15) is 0 Å². The fraction of sp³-hybridized carbons (Fsp3) is 0.550. The summed E-state index contributed by atoms with van der Waals surface area (Å²) in [6, 6.07) is 18.1. The molecule has 6 heteroatoms. The summed E-state index contributed by atoms with van der Waals surface area (Å²) >= 11 is 0. The van der Waals surface area contributed by atoms with E-state index >= 15 is 0 Å². The van der Waals surface area contributed by atoms with Gasteiger partial charge < -0.3 is 14.7 Å². The van der Waals surface area contributed by atoms with Crippen LogP contribution in [0.15, 0.2) is 66.2 Å². The Morgan fingerprint density at radius 3 is 2.41 bits per heavy atom. The lowest BCUT2D eigenvalue weighted by molar-refractivity contribution is -0.119. The smallest absolute Gasteiger partial charge is 0.410 e. The van der Waals surface area contributed by atoms with Gasteiger partial charge in [0, 0.05) is 57.4 Å². The first-order valence-electron chi connectivity index (χ1n) is 17.6. The average Bonchev–Trinajstić information content (AvgIpc) is 3.21. The molecule has 0 aromatic heterocycles. The predicted octanol–water partition coefficient (Wildman–Crippen LogP) is 7.46. The van der Waals surface area contributed by atoms with Crippen molar-refractivity contribution < 1.29 is 19.4 Å². The number of rotatable bonds is 10. The first kappa shape index (κ1) is 32.5. The number of ether oxygens (including phenoxy) is 1. The van der Waals surface area contributed by atoms with Crippen LogP contribution in [0, 0.1) is 30.1 Å². The molecule has 2 aromatic carbocycles. The second kappa shape index (κ2) is 15.0. The fourth-order valence-electron chi connectivity index (χ4n) is 8.27. The van der Waals surface area contributed by atoms with Crippen LogP contribution in [0.3, 0.4) is 0 Å². The number of hydrogen-bond donors (Lipinski definition) is 1. The van der Waals surface area contributed by atoms with Gasteiger partial charge in [-0.15, -0.1) is 6.42 Å². The zero-order chi connectivity index (χ0) is 31.9. The monoisotopic (exact) mass is 622 g/mol. The molecule has 2 unspecified atom stereocenters. The van der Waals surface area contributed by atoms with Crippen molar-refractivity contribution in [3.05, 3.63) is 82.9 Å². The van der Waals surface area contributed by atoms with Crippen LogP contribution in [0.5, 0.6) is 0 Å².